The first kappa shape index (κ1) is 23.2. The summed E-state index contributed by atoms with van der Waals surface area (Å²) < 4.78 is 0. The Kier molecular flexibility index (Phi) is 6.77. The summed E-state index contributed by atoms with van der Waals surface area (Å²) in [6.45, 7) is 6.71. The summed E-state index contributed by atoms with van der Waals surface area (Å²) in [6.07, 6.45) is 1.97. The summed E-state index contributed by atoms with van der Waals surface area (Å²) in [5.74, 6) is -0.927. The number of urea groups is 1. The summed E-state index contributed by atoms with van der Waals surface area (Å²) >= 11 is 0. The minimum Gasteiger partial charge on any atom is -0.350 e. The molecular weight excluding hydrogens is 406 g/mol. The van der Waals surface area contributed by atoms with E-state index in [1.807, 2.05) is 31.2 Å². The van der Waals surface area contributed by atoms with Gasteiger partial charge < -0.3 is 10.6 Å². The second kappa shape index (κ2) is 9.34. The van der Waals surface area contributed by atoms with E-state index in [2.05, 4.69) is 17.6 Å². The van der Waals surface area contributed by atoms with Crippen LogP contribution < -0.4 is 10.6 Å². The number of nitrogens with zero attached hydrogens (tertiary/aromatic N) is 1. The molecule has 3 rings (SSSR count). The van der Waals surface area contributed by atoms with Crippen LogP contribution in [0, 0.1) is 0 Å². The van der Waals surface area contributed by atoms with E-state index in [4.69, 9.17) is 0 Å². The molecule has 2 aromatic rings. The molecular formula is C25H29N3O4. The van der Waals surface area contributed by atoms with Gasteiger partial charge in [-0.3, -0.25) is 19.3 Å². The first-order chi connectivity index (χ1) is 15.2. The second-order valence-corrected chi connectivity index (χ2v) is 8.36. The Morgan fingerprint density at radius 2 is 1.69 bits per heavy atom. The summed E-state index contributed by atoms with van der Waals surface area (Å²) in [7, 11) is 0. The van der Waals surface area contributed by atoms with Crippen molar-refractivity contribution in [3.05, 3.63) is 70.8 Å². The van der Waals surface area contributed by atoms with Crippen molar-refractivity contribution >= 4 is 23.6 Å². The second-order valence-electron chi connectivity index (χ2n) is 8.36. The summed E-state index contributed by atoms with van der Waals surface area (Å²) in [4.78, 5) is 50.6. The maximum absolute atomic E-state index is 13.1. The fourth-order valence-electron chi connectivity index (χ4n) is 3.91. The Labute approximate surface area is 188 Å². The Bertz CT molecular complexity index is 1030. The largest absolute Gasteiger partial charge is 0.350 e. The van der Waals surface area contributed by atoms with E-state index in [0.717, 1.165) is 23.3 Å². The van der Waals surface area contributed by atoms with Crippen LogP contribution in [0.4, 0.5) is 4.79 Å². The summed E-state index contributed by atoms with van der Waals surface area (Å²) in [6, 6.07) is 13.6. The topological polar surface area (TPSA) is 95.6 Å². The quantitative estimate of drug-likeness (QED) is 0.490. The lowest BCUT2D eigenvalue weighted by Gasteiger charge is -2.22. The number of imide groups is 1. The Morgan fingerprint density at radius 3 is 2.25 bits per heavy atom. The smallest absolute Gasteiger partial charge is 0.325 e. The van der Waals surface area contributed by atoms with Crippen LogP contribution in [0.1, 0.15) is 67.2 Å². The van der Waals surface area contributed by atoms with Gasteiger partial charge in [0.2, 0.25) is 5.91 Å². The van der Waals surface area contributed by atoms with Crippen LogP contribution in [-0.4, -0.2) is 35.1 Å². The van der Waals surface area contributed by atoms with Gasteiger partial charge in [-0.1, -0.05) is 61.9 Å². The minimum atomic E-state index is -1.21. The fraction of sp³-hybridized carbons (Fsp3) is 0.360. The van der Waals surface area contributed by atoms with Gasteiger partial charge in [0.05, 0.1) is 12.6 Å². The van der Waals surface area contributed by atoms with Crippen molar-refractivity contribution in [1.29, 1.82) is 0 Å². The predicted molar refractivity (Wildman–Crippen MR) is 121 cm³/mol. The van der Waals surface area contributed by atoms with E-state index in [-0.39, 0.29) is 24.3 Å². The number of nitrogens with one attached hydrogen (secondary N) is 2. The Hall–Kier alpha value is -3.48. The van der Waals surface area contributed by atoms with Gasteiger partial charge in [-0.25, -0.2) is 4.79 Å². The molecule has 4 amide bonds. The maximum Gasteiger partial charge on any atom is 0.325 e. The first-order valence-corrected chi connectivity index (χ1v) is 10.8. The zero-order chi connectivity index (χ0) is 23.5. The van der Waals surface area contributed by atoms with Gasteiger partial charge in [0.25, 0.3) is 5.91 Å². The van der Waals surface area contributed by atoms with Crippen molar-refractivity contribution in [2.45, 2.75) is 52.1 Å². The molecule has 1 aliphatic rings. The third-order valence-corrected chi connectivity index (χ3v) is 5.80. The van der Waals surface area contributed by atoms with E-state index in [1.165, 1.54) is 12.5 Å². The van der Waals surface area contributed by atoms with Gasteiger partial charge in [0.1, 0.15) is 5.54 Å². The zero-order valence-corrected chi connectivity index (χ0v) is 18.9. The molecule has 2 atom stereocenters. The number of aryl methyl sites for hydroxylation is 1. The van der Waals surface area contributed by atoms with Gasteiger partial charge in [-0.2, -0.15) is 0 Å². The van der Waals surface area contributed by atoms with Crippen LogP contribution >= 0.6 is 0 Å². The highest BCUT2D eigenvalue weighted by atomic mass is 16.2. The number of hydrogen-bond donors (Lipinski definition) is 2. The first-order valence-electron chi connectivity index (χ1n) is 10.8. The van der Waals surface area contributed by atoms with E-state index < -0.39 is 17.5 Å². The molecule has 1 fully saturated rings. The van der Waals surface area contributed by atoms with E-state index in [1.54, 1.807) is 31.2 Å². The van der Waals surface area contributed by atoms with Crippen LogP contribution in [0.2, 0.25) is 0 Å². The normalized spacial score (nSPS) is 18.9. The van der Waals surface area contributed by atoms with Crippen LogP contribution in [0.15, 0.2) is 48.5 Å². The van der Waals surface area contributed by atoms with Crippen molar-refractivity contribution in [3.8, 4) is 0 Å². The molecule has 0 radical (unpaired) electrons. The van der Waals surface area contributed by atoms with E-state index in [9.17, 15) is 19.2 Å². The number of carbonyl (C=O) groups is 4. The van der Waals surface area contributed by atoms with Crippen molar-refractivity contribution in [3.63, 3.8) is 0 Å². The number of Topliss-reactive ketones (excluding diaryl/α,β-unsaturated/α-hetero) is 1. The van der Waals surface area contributed by atoms with Crippen LogP contribution in [0.3, 0.4) is 0 Å². The molecule has 2 N–H and O–H groups in total. The van der Waals surface area contributed by atoms with Crippen molar-refractivity contribution < 1.29 is 19.2 Å². The van der Waals surface area contributed by atoms with Crippen LogP contribution in [0.25, 0.3) is 0 Å². The molecule has 7 heteroatoms. The van der Waals surface area contributed by atoms with Crippen LogP contribution in [0.5, 0.6) is 0 Å². The Balaban J connectivity index is 1.72. The molecule has 2 aromatic carbocycles. The van der Waals surface area contributed by atoms with E-state index in [0.29, 0.717) is 11.1 Å². The maximum atomic E-state index is 13.1. The van der Waals surface area contributed by atoms with Crippen molar-refractivity contribution in [2.75, 3.05) is 6.54 Å². The average molecular weight is 436 g/mol. The zero-order valence-electron chi connectivity index (χ0n) is 18.9. The number of amides is 4. The molecule has 0 saturated carbocycles. The fourth-order valence-corrected chi connectivity index (χ4v) is 3.91. The molecule has 0 spiro atoms. The summed E-state index contributed by atoms with van der Waals surface area (Å²) in [5.41, 5.74) is 1.88. The predicted octanol–water partition coefficient (Wildman–Crippen LogP) is 3.49. The third kappa shape index (κ3) is 4.72. The van der Waals surface area contributed by atoms with Crippen molar-refractivity contribution in [1.82, 2.24) is 15.5 Å². The summed E-state index contributed by atoms with van der Waals surface area (Å²) in [5, 5.41) is 5.53. The highest BCUT2D eigenvalue weighted by Gasteiger charge is 2.49. The molecule has 0 aliphatic carbocycles. The number of hydrogen-bond acceptors (Lipinski definition) is 4. The molecule has 7 nitrogen and oxygen atoms in total. The number of benzene rings is 2. The molecule has 1 aliphatic heterocycles. The Morgan fingerprint density at radius 1 is 1.06 bits per heavy atom. The number of ketones is 1. The molecule has 2 unspecified atom stereocenters. The van der Waals surface area contributed by atoms with Crippen LogP contribution in [-0.2, 0) is 21.5 Å². The minimum absolute atomic E-state index is 0.140. The average Bonchev–Trinajstić information content (AvgIpc) is 2.98. The molecule has 168 valence electrons. The van der Waals surface area contributed by atoms with Gasteiger partial charge in [0.15, 0.2) is 5.78 Å². The lowest BCUT2D eigenvalue weighted by Crippen LogP contribution is -2.41. The molecule has 0 aromatic heterocycles. The van der Waals surface area contributed by atoms with Gasteiger partial charge in [-0.05, 0) is 37.0 Å². The van der Waals surface area contributed by atoms with E-state index >= 15 is 0 Å². The monoisotopic (exact) mass is 435 g/mol. The highest BCUT2D eigenvalue weighted by molar-refractivity contribution is 6.11. The molecule has 1 heterocycles. The lowest BCUT2D eigenvalue weighted by molar-refractivity contribution is -0.130. The molecule has 1 saturated heterocycles. The van der Waals surface area contributed by atoms with Gasteiger partial charge in [0, 0.05) is 12.5 Å². The highest BCUT2D eigenvalue weighted by Crippen LogP contribution is 2.29. The molecule has 0 bridgehead atoms. The third-order valence-electron chi connectivity index (χ3n) is 5.80. The molecule has 32 heavy (non-hydrogen) atoms. The number of carbonyl (C=O) groups excluding carboxylic acids is 4. The SMILES string of the molecule is CCCc1ccc(C2(C)NC(=O)N(CC(=O)c3ccc(C(C)NC(C)=O)cc3)C2=O)cc1. The van der Waals surface area contributed by atoms with Gasteiger partial charge >= 0.3 is 6.03 Å². The van der Waals surface area contributed by atoms with Gasteiger partial charge in [-0.15, -0.1) is 0 Å². The van der Waals surface area contributed by atoms with Crippen molar-refractivity contribution in [2.24, 2.45) is 0 Å². The number of rotatable bonds is 8. The standard InChI is InChI=1S/C25H29N3O4/c1-5-6-18-7-13-21(14-8-18)25(4)23(31)28(24(32)27-25)15-22(30)20-11-9-19(10-12-20)16(2)26-17(3)29/h7-14,16H,5-6,15H2,1-4H3,(H,26,29)(H,27,32). The lowest BCUT2D eigenvalue weighted by atomic mass is 9.91.